The van der Waals surface area contributed by atoms with E-state index in [0.717, 1.165) is 9.87 Å². The smallest absolute Gasteiger partial charge is 0.265 e. The van der Waals surface area contributed by atoms with E-state index in [1.807, 2.05) is 0 Å². The second kappa shape index (κ2) is 11.9. The molecule has 0 unspecified atom stereocenters. The van der Waals surface area contributed by atoms with Crippen molar-refractivity contribution in [1.29, 1.82) is 0 Å². The lowest BCUT2D eigenvalue weighted by Crippen LogP contribution is -2.40. The average molecular weight is 535 g/mol. The number of amides is 1. The Balaban J connectivity index is 1.96. The van der Waals surface area contributed by atoms with Gasteiger partial charge in [0, 0.05) is 17.6 Å². The summed E-state index contributed by atoms with van der Waals surface area (Å²) in [6.45, 7) is -0.330. The minimum atomic E-state index is -4.27. The zero-order chi connectivity index (χ0) is 26.3. The van der Waals surface area contributed by atoms with Crippen molar-refractivity contribution in [3.8, 4) is 23.0 Å². The third-order valence-corrected chi connectivity index (χ3v) is 7.28. The highest BCUT2D eigenvalue weighted by atomic mass is 35.5. The zero-order valence-electron chi connectivity index (χ0n) is 20.3. The van der Waals surface area contributed by atoms with Crippen LogP contribution in [0.2, 0.25) is 5.02 Å². The summed E-state index contributed by atoms with van der Waals surface area (Å²) in [5.74, 6) is 0.967. The van der Waals surface area contributed by atoms with E-state index in [1.165, 1.54) is 51.7 Å². The van der Waals surface area contributed by atoms with Gasteiger partial charge in [-0.25, -0.2) is 8.42 Å². The molecule has 0 aliphatic rings. The van der Waals surface area contributed by atoms with Crippen molar-refractivity contribution in [1.82, 2.24) is 5.32 Å². The maximum absolute atomic E-state index is 13.8. The van der Waals surface area contributed by atoms with Crippen LogP contribution in [0.4, 0.5) is 5.69 Å². The molecule has 0 aliphatic heterocycles. The zero-order valence-corrected chi connectivity index (χ0v) is 21.9. The Labute approximate surface area is 215 Å². The number of anilines is 1. The van der Waals surface area contributed by atoms with Crippen molar-refractivity contribution >= 4 is 33.2 Å². The Hall–Kier alpha value is -3.63. The number of nitrogens with one attached hydrogen (secondary N) is 1. The van der Waals surface area contributed by atoms with E-state index >= 15 is 0 Å². The summed E-state index contributed by atoms with van der Waals surface area (Å²) in [7, 11) is 1.55. The molecule has 3 rings (SSSR count). The number of nitrogens with zero attached hydrogens (tertiary/aromatic N) is 1. The molecule has 0 bridgehead atoms. The fraction of sp³-hybridized carbons (Fsp3) is 0.240. The number of benzene rings is 3. The third kappa shape index (κ3) is 6.13. The second-order valence-corrected chi connectivity index (χ2v) is 9.77. The van der Waals surface area contributed by atoms with Gasteiger partial charge in [0.1, 0.15) is 18.0 Å². The quantitative estimate of drug-likeness (QED) is 0.398. The number of hydrogen-bond acceptors (Lipinski definition) is 7. The summed E-state index contributed by atoms with van der Waals surface area (Å²) in [6.07, 6.45) is 0. The number of carbonyl (C=O) groups is 1. The molecule has 0 atom stereocenters. The van der Waals surface area contributed by atoms with Crippen LogP contribution >= 0.6 is 11.6 Å². The molecule has 11 heteroatoms. The van der Waals surface area contributed by atoms with Gasteiger partial charge >= 0.3 is 0 Å². The second-order valence-electron chi connectivity index (χ2n) is 7.47. The fourth-order valence-electron chi connectivity index (χ4n) is 3.39. The Morgan fingerprint density at radius 3 is 2.08 bits per heavy atom. The van der Waals surface area contributed by atoms with Gasteiger partial charge in [-0.1, -0.05) is 23.7 Å². The van der Waals surface area contributed by atoms with E-state index in [0.29, 0.717) is 11.5 Å². The number of methoxy groups -OCH3 is 4. The van der Waals surface area contributed by atoms with Crippen LogP contribution in [0.25, 0.3) is 0 Å². The van der Waals surface area contributed by atoms with Gasteiger partial charge in [-0.3, -0.25) is 9.10 Å². The summed E-state index contributed by atoms with van der Waals surface area (Å²) in [6, 6.07) is 15.8. The number of ether oxygens (including phenoxy) is 4. The normalized spacial score (nSPS) is 10.9. The van der Waals surface area contributed by atoms with Crippen LogP contribution in [0.5, 0.6) is 23.0 Å². The van der Waals surface area contributed by atoms with Gasteiger partial charge in [-0.2, -0.15) is 0 Å². The summed E-state index contributed by atoms with van der Waals surface area (Å²) >= 11 is 6.18. The molecule has 0 aliphatic carbocycles. The van der Waals surface area contributed by atoms with Crippen LogP contribution in [-0.2, 0) is 21.4 Å². The van der Waals surface area contributed by atoms with Crippen molar-refractivity contribution in [2.24, 2.45) is 0 Å². The van der Waals surface area contributed by atoms with Gasteiger partial charge in [0.25, 0.3) is 10.0 Å². The predicted octanol–water partition coefficient (Wildman–Crippen LogP) is 3.89. The first-order valence-corrected chi connectivity index (χ1v) is 12.5. The van der Waals surface area contributed by atoms with Crippen molar-refractivity contribution in [3.63, 3.8) is 0 Å². The lowest BCUT2D eigenvalue weighted by Gasteiger charge is -2.26. The molecule has 36 heavy (non-hydrogen) atoms. The Bertz CT molecular complexity index is 1310. The van der Waals surface area contributed by atoms with Gasteiger partial charge in [0.05, 0.1) is 39.0 Å². The highest BCUT2D eigenvalue weighted by molar-refractivity contribution is 7.92. The number of halogens is 1. The first-order chi connectivity index (χ1) is 17.2. The van der Waals surface area contributed by atoms with Crippen LogP contribution in [0, 0.1) is 0 Å². The van der Waals surface area contributed by atoms with Crippen molar-refractivity contribution < 1.29 is 32.2 Å². The Morgan fingerprint density at radius 1 is 0.833 bits per heavy atom. The van der Waals surface area contributed by atoms with Gasteiger partial charge in [0.2, 0.25) is 5.91 Å². The van der Waals surface area contributed by atoms with E-state index in [1.54, 1.807) is 37.4 Å². The molecule has 0 radical (unpaired) electrons. The van der Waals surface area contributed by atoms with E-state index in [4.69, 9.17) is 30.5 Å². The molecule has 0 saturated carbocycles. The van der Waals surface area contributed by atoms with Crippen molar-refractivity contribution in [3.05, 3.63) is 71.2 Å². The molecule has 0 heterocycles. The van der Waals surface area contributed by atoms with Crippen molar-refractivity contribution in [2.75, 3.05) is 39.3 Å². The van der Waals surface area contributed by atoms with E-state index in [-0.39, 0.29) is 33.6 Å². The molecule has 0 saturated heterocycles. The SMILES string of the molecule is COc1ccc(CNC(=O)CN(c2cc(Cl)ccc2OC)S(=O)(=O)c2ccc(OC)c(OC)c2)cc1. The van der Waals surface area contributed by atoms with Gasteiger partial charge < -0.3 is 24.3 Å². The topological polar surface area (TPSA) is 103 Å². The van der Waals surface area contributed by atoms with Gasteiger partial charge in [0.15, 0.2) is 11.5 Å². The lowest BCUT2D eigenvalue weighted by atomic mass is 10.2. The highest BCUT2D eigenvalue weighted by Gasteiger charge is 2.30. The summed E-state index contributed by atoms with van der Waals surface area (Å²) < 4.78 is 49.5. The number of carbonyl (C=O) groups excluding carboxylic acids is 1. The van der Waals surface area contributed by atoms with Crippen LogP contribution in [0.15, 0.2) is 65.6 Å². The van der Waals surface area contributed by atoms with Crippen LogP contribution in [0.3, 0.4) is 0 Å². The Kier molecular flexibility index (Phi) is 8.89. The minimum absolute atomic E-state index is 0.106. The van der Waals surface area contributed by atoms with E-state index in [9.17, 15) is 13.2 Å². The summed E-state index contributed by atoms with van der Waals surface area (Å²) in [4.78, 5) is 12.8. The average Bonchev–Trinajstić information content (AvgIpc) is 2.90. The monoisotopic (exact) mass is 534 g/mol. The van der Waals surface area contributed by atoms with Crippen molar-refractivity contribution in [2.45, 2.75) is 11.4 Å². The first-order valence-electron chi connectivity index (χ1n) is 10.7. The Morgan fingerprint density at radius 2 is 1.47 bits per heavy atom. The molecule has 9 nitrogen and oxygen atoms in total. The molecular weight excluding hydrogens is 508 g/mol. The number of rotatable bonds is 11. The number of sulfonamides is 1. The maximum atomic E-state index is 13.8. The van der Waals surface area contributed by atoms with Gasteiger partial charge in [-0.05, 0) is 48.0 Å². The lowest BCUT2D eigenvalue weighted by molar-refractivity contribution is -0.119. The summed E-state index contributed by atoms with van der Waals surface area (Å²) in [5.41, 5.74) is 0.929. The first kappa shape index (κ1) is 27.0. The van der Waals surface area contributed by atoms with E-state index < -0.39 is 22.5 Å². The molecule has 1 amide bonds. The fourth-order valence-corrected chi connectivity index (χ4v) is 5.00. The molecular formula is C25H27ClN2O7S. The largest absolute Gasteiger partial charge is 0.497 e. The van der Waals surface area contributed by atoms with Gasteiger partial charge in [-0.15, -0.1) is 0 Å². The molecule has 1 N–H and O–H groups in total. The molecule has 0 spiro atoms. The molecule has 192 valence electrons. The van der Waals surface area contributed by atoms with E-state index in [2.05, 4.69) is 5.32 Å². The van der Waals surface area contributed by atoms with Crippen LogP contribution in [0.1, 0.15) is 5.56 Å². The van der Waals surface area contributed by atoms with Crippen LogP contribution in [-0.4, -0.2) is 49.3 Å². The summed E-state index contributed by atoms with van der Waals surface area (Å²) in [5, 5.41) is 3.02. The third-order valence-electron chi connectivity index (χ3n) is 5.29. The van der Waals surface area contributed by atoms with Crippen LogP contribution < -0.4 is 28.6 Å². The molecule has 0 fully saturated rings. The predicted molar refractivity (Wildman–Crippen MR) is 137 cm³/mol. The highest BCUT2D eigenvalue weighted by Crippen LogP contribution is 2.37. The minimum Gasteiger partial charge on any atom is -0.497 e. The molecule has 0 aromatic heterocycles. The number of hydrogen-bond donors (Lipinski definition) is 1. The standard InChI is InChI=1S/C25H27ClN2O7S/c1-32-19-8-5-17(6-9-19)15-27-25(29)16-28(21-13-18(26)7-11-22(21)33-2)36(30,31)20-10-12-23(34-3)24(14-20)35-4/h5-14H,15-16H2,1-4H3,(H,27,29). The maximum Gasteiger partial charge on any atom is 0.265 e. The molecule has 3 aromatic rings. The molecule has 3 aromatic carbocycles.